The minimum atomic E-state index is -4.72. The van der Waals surface area contributed by atoms with Gasteiger partial charge in [0.15, 0.2) is 6.04 Å². The summed E-state index contributed by atoms with van der Waals surface area (Å²) in [7, 11) is 1.21. The molecule has 0 spiro atoms. The maximum Gasteiger partial charge on any atom is 0.416 e. The molecule has 6 nitrogen and oxygen atoms in total. The van der Waals surface area contributed by atoms with Crippen LogP contribution in [0.4, 0.5) is 22.4 Å². The number of ether oxygens (including phenoxy) is 3. The SMILES string of the molecule is COC(=O)C1c2ccc(OCc3c(F)cccc3C(F)(F)F)cc2CCN1C(=O)OCC(C)C. The van der Waals surface area contributed by atoms with Crippen LogP contribution in [0.1, 0.15) is 42.1 Å². The van der Waals surface area contributed by atoms with Gasteiger partial charge in [0.25, 0.3) is 0 Å². The van der Waals surface area contributed by atoms with Crippen LogP contribution in [0.25, 0.3) is 0 Å². The van der Waals surface area contributed by atoms with E-state index in [2.05, 4.69) is 0 Å². The van der Waals surface area contributed by atoms with Gasteiger partial charge in [-0.1, -0.05) is 26.0 Å². The molecule has 2 aromatic rings. The summed E-state index contributed by atoms with van der Waals surface area (Å²) in [4.78, 5) is 26.3. The fourth-order valence-electron chi connectivity index (χ4n) is 3.70. The summed E-state index contributed by atoms with van der Waals surface area (Å²) < 4.78 is 69.4. The number of nitrogens with zero attached hydrogens (tertiary/aromatic N) is 1. The molecule has 1 unspecified atom stereocenters. The Morgan fingerprint density at radius 1 is 1.18 bits per heavy atom. The number of hydrogen-bond donors (Lipinski definition) is 0. The molecule has 0 saturated heterocycles. The lowest BCUT2D eigenvalue weighted by Crippen LogP contribution is -2.44. The first-order valence-electron chi connectivity index (χ1n) is 10.6. The largest absolute Gasteiger partial charge is 0.489 e. The molecular weight excluding hydrogens is 458 g/mol. The molecule has 0 bridgehead atoms. The minimum Gasteiger partial charge on any atom is -0.489 e. The van der Waals surface area contributed by atoms with Crippen LogP contribution in [0, 0.1) is 11.7 Å². The molecule has 1 aliphatic heterocycles. The smallest absolute Gasteiger partial charge is 0.416 e. The van der Waals surface area contributed by atoms with Gasteiger partial charge in [-0.2, -0.15) is 13.2 Å². The highest BCUT2D eigenvalue weighted by Crippen LogP contribution is 2.36. The highest BCUT2D eigenvalue weighted by molar-refractivity contribution is 5.84. The highest BCUT2D eigenvalue weighted by Gasteiger charge is 2.38. The van der Waals surface area contributed by atoms with Crippen LogP contribution in [-0.4, -0.2) is 37.2 Å². The number of fused-ring (bicyclic) bond motifs is 1. The van der Waals surface area contributed by atoms with Gasteiger partial charge in [0.2, 0.25) is 0 Å². The van der Waals surface area contributed by atoms with Crippen LogP contribution in [0.2, 0.25) is 0 Å². The van der Waals surface area contributed by atoms with Gasteiger partial charge in [0.05, 0.1) is 19.3 Å². The number of carbonyl (C=O) groups excluding carboxylic acids is 2. The van der Waals surface area contributed by atoms with Gasteiger partial charge in [0, 0.05) is 12.1 Å². The number of halogens is 4. The van der Waals surface area contributed by atoms with Gasteiger partial charge in [-0.3, -0.25) is 4.90 Å². The van der Waals surface area contributed by atoms with Gasteiger partial charge >= 0.3 is 18.2 Å². The summed E-state index contributed by atoms with van der Waals surface area (Å²) in [6, 6.07) is 6.25. The Morgan fingerprint density at radius 3 is 2.56 bits per heavy atom. The lowest BCUT2D eigenvalue weighted by molar-refractivity contribution is -0.147. The lowest BCUT2D eigenvalue weighted by Gasteiger charge is -2.35. The van der Waals surface area contributed by atoms with E-state index in [1.165, 1.54) is 18.1 Å². The van der Waals surface area contributed by atoms with Crippen LogP contribution in [0.5, 0.6) is 5.75 Å². The predicted octanol–water partition coefficient (Wildman–Crippen LogP) is 5.29. The van der Waals surface area contributed by atoms with Crippen molar-refractivity contribution < 1.29 is 41.4 Å². The molecule has 0 aromatic heterocycles. The van der Waals surface area contributed by atoms with E-state index in [-0.39, 0.29) is 24.8 Å². The van der Waals surface area contributed by atoms with Crippen molar-refractivity contribution in [1.29, 1.82) is 0 Å². The quantitative estimate of drug-likeness (QED) is 0.413. The number of rotatable bonds is 6. The molecule has 0 N–H and O–H groups in total. The molecule has 2 aromatic carbocycles. The van der Waals surface area contributed by atoms with Crippen molar-refractivity contribution in [3.05, 3.63) is 64.5 Å². The zero-order valence-corrected chi connectivity index (χ0v) is 18.9. The molecule has 0 aliphatic carbocycles. The molecule has 1 atom stereocenters. The highest BCUT2D eigenvalue weighted by atomic mass is 19.4. The number of carbonyl (C=O) groups is 2. The summed E-state index contributed by atoms with van der Waals surface area (Å²) in [5.41, 5.74) is -0.551. The van der Waals surface area contributed by atoms with E-state index in [0.717, 1.165) is 18.2 Å². The van der Waals surface area contributed by atoms with Crippen molar-refractivity contribution in [3.8, 4) is 5.75 Å². The average molecular weight is 483 g/mol. The van der Waals surface area contributed by atoms with Crippen molar-refractivity contribution >= 4 is 12.1 Å². The van der Waals surface area contributed by atoms with Crippen LogP contribution in [0.15, 0.2) is 36.4 Å². The van der Waals surface area contributed by atoms with Crippen molar-refractivity contribution in [2.24, 2.45) is 5.92 Å². The molecule has 1 heterocycles. The van der Waals surface area contributed by atoms with E-state index in [1.807, 2.05) is 13.8 Å². The first kappa shape index (κ1) is 25.3. The van der Waals surface area contributed by atoms with Crippen molar-refractivity contribution in [1.82, 2.24) is 4.90 Å². The van der Waals surface area contributed by atoms with Gasteiger partial charge < -0.3 is 14.2 Å². The standard InChI is InChI=1S/C24H25F4NO5/c1-14(2)12-34-23(31)29-10-9-15-11-16(7-8-17(15)21(29)22(30)32-3)33-13-18-19(24(26,27)28)5-4-6-20(18)25/h4-8,11,14,21H,9-10,12-13H2,1-3H3. The van der Waals surface area contributed by atoms with Gasteiger partial charge in [-0.15, -0.1) is 0 Å². The Morgan fingerprint density at radius 2 is 1.91 bits per heavy atom. The first-order valence-corrected chi connectivity index (χ1v) is 10.6. The van der Waals surface area contributed by atoms with Gasteiger partial charge in [-0.25, -0.2) is 14.0 Å². The summed E-state index contributed by atoms with van der Waals surface area (Å²) in [5.74, 6) is -1.36. The molecule has 0 saturated carbocycles. The fraction of sp³-hybridized carbons (Fsp3) is 0.417. The van der Waals surface area contributed by atoms with Crippen molar-refractivity contribution in [2.75, 3.05) is 20.3 Å². The number of esters is 1. The molecule has 10 heteroatoms. The summed E-state index contributed by atoms with van der Waals surface area (Å²) in [6.45, 7) is 3.50. The van der Waals surface area contributed by atoms with Gasteiger partial charge in [0.1, 0.15) is 18.2 Å². The van der Waals surface area contributed by atoms with E-state index in [4.69, 9.17) is 14.2 Å². The Labute approximate surface area is 194 Å². The van der Waals surface area contributed by atoms with Crippen molar-refractivity contribution in [3.63, 3.8) is 0 Å². The summed E-state index contributed by atoms with van der Waals surface area (Å²) >= 11 is 0. The Bertz CT molecular complexity index is 1050. The number of amides is 1. The van der Waals surface area contributed by atoms with Crippen molar-refractivity contribution in [2.45, 2.75) is 39.1 Å². The minimum absolute atomic E-state index is 0.115. The Balaban J connectivity index is 1.83. The second-order valence-corrected chi connectivity index (χ2v) is 8.25. The fourth-order valence-corrected chi connectivity index (χ4v) is 3.70. The molecule has 1 aliphatic rings. The van der Waals surface area contributed by atoms with E-state index in [9.17, 15) is 27.2 Å². The van der Waals surface area contributed by atoms with Gasteiger partial charge in [-0.05, 0) is 47.7 Å². The molecular formula is C24H25F4NO5. The molecule has 0 fully saturated rings. The average Bonchev–Trinajstić information content (AvgIpc) is 2.79. The third kappa shape index (κ3) is 5.60. The third-order valence-corrected chi connectivity index (χ3v) is 5.35. The Hall–Kier alpha value is -3.30. The van der Waals surface area contributed by atoms with E-state index < -0.39 is 47.8 Å². The molecule has 3 rings (SSSR count). The van der Waals surface area contributed by atoms with Crippen LogP contribution >= 0.6 is 0 Å². The van der Waals surface area contributed by atoms with E-state index >= 15 is 0 Å². The summed E-state index contributed by atoms with van der Waals surface area (Å²) in [5, 5.41) is 0. The predicted molar refractivity (Wildman–Crippen MR) is 114 cm³/mol. The van der Waals surface area contributed by atoms with Crippen LogP contribution in [0.3, 0.4) is 0 Å². The second-order valence-electron chi connectivity index (χ2n) is 8.25. The molecule has 1 amide bonds. The number of benzene rings is 2. The zero-order valence-electron chi connectivity index (χ0n) is 18.9. The molecule has 0 radical (unpaired) electrons. The molecule has 184 valence electrons. The number of alkyl halides is 3. The van der Waals surface area contributed by atoms with Crippen LogP contribution in [-0.2, 0) is 33.5 Å². The Kier molecular flexibility index (Phi) is 7.68. The first-order chi connectivity index (χ1) is 16.0. The third-order valence-electron chi connectivity index (χ3n) is 5.35. The van der Waals surface area contributed by atoms with E-state index in [0.29, 0.717) is 17.5 Å². The zero-order chi connectivity index (χ0) is 25.0. The topological polar surface area (TPSA) is 65.1 Å². The molecule has 34 heavy (non-hydrogen) atoms. The summed E-state index contributed by atoms with van der Waals surface area (Å²) in [6.07, 6.45) is -5.02. The van der Waals surface area contributed by atoms with Crippen LogP contribution < -0.4 is 4.74 Å². The maximum absolute atomic E-state index is 14.1. The normalized spacial score (nSPS) is 15.6. The second kappa shape index (κ2) is 10.3. The number of hydrogen-bond acceptors (Lipinski definition) is 5. The lowest BCUT2D eigenvalue weighted by atomic mass is 9.92. The maximum atomic E-state index is 14.1. The monoisotopic (exact) mass is 483 g/mol. The van der Waals surface area contributed by atoms with E-state index in [1.54, 1.807) is 12.1 Å². The number of methoxy groups -OCH3 is 1.